The fraction of sp³-hybridized carbons (Fsp3) is 0.391. The van der Waals surface area contributed by atoms with Crippen LogP contribution in [0.1, 0.15) is 42.3 Å². The fourth-order valence-electron chi connectivity index (χ4n) is 3.69. The summed E-state index contributed by atoms with van der Waals surface area (Å²) in [5.41, 5.74) is 2.39. The van der Waals surface area contributed by atoms with Gasteiger partial charge in [0.25, 0.3) is 11.6 Å². The van der Waals surface area contributed by atoms with Crippen molar-refractivity contribution in [3.05, 3.63) is 75.3 Å². The first kappa shape index (κ1) is 22.4. The summed E-state index contributed by atoms with van der Waals surface area (Å²) < 4.78 is 0. The van der Waals surface area contributed by atoms with Crippen LogP contribution in [-0.2, 0) is 17.8 Å². The van der Waals surface area contributed by atoms with Gasteiger partial charge < -0.3 is 10.6 Å². The molecular weight excluding hydrogens is 396 g/mol. The molecule has 1 atom stereocenters. The lowest BCUT2D eigenvalue weighted by atomic mass is 9.94. The molecular formula is C23H28N4O4. The maximum absolute atomic E-state index is 12.6. The summed E-state index contributed by atoms with van der Waals surface area (Å²) in [7, 11) is 0. The molecule has 2 aromatic carbocycles. The van der Waals surface area contributed by atoms with Crippen LogP contribution in [0.3, 0.4) is 0 Å². The third-order valence-electron chi connectivity index (χ3n) is 5.74. The predicted molar refractivity (Wildman–Crippen MR) is 118 cm³/mol. The van der Waals surface area contributed by atoms with Gasteiger partial charge in [0.2, 0.25) is 5.91 Å². The summed E-state index contributed by atoms with van der Waals surface area (Å²) >= 11 is 0. The van der Waals surface area contributed by atoms with Crippen molar-refractivity contribution in [3.63, 3.8) is 0 Å². The van der Waals surface area contributed by atoms with Crippen LogP contribution in [0.2, 0.25) is 0 Å². The lowest BCUT2D eigenvalue weighted by molar-refractivity contribution is -0.384. The Labute approximate surface area is 181 Å². The molecule has 0 saturated heterocycles. The molecule has 1 heterocycles. The van der Waals surface area contributed by atoms with Crippen LogP contribution in [-0.4, -0.2) is 46.3 Å². The van der Waals surface area contributed by atoms with Gasteiger partial charge in [-0.3, -0.25) is 24.6 Å². The Kier molecular flexibility index (Phi) is 6.70. The van der Waals surface area contributed by atoms with E-state index in [9.17, 15) is 19.7 Å². The van der Waals surface area contributed by atoms with Crippen molar-refractivity contribution in [2.75, 3.05) is 13.1 Å². The van der Waals surface area contributed by atoms with Crippen LogP contribution in [0, 0.1) is 10.1 Å². The highest BCUT2D eigenvalue weighted by molar-refractivity contribution is 5.97. The second-order valence-electron chi connectivity index (χ2n) is 8.47. The van der Waals surface area contributed by atoms with Gasteiger partial charge in [0, 0.05) is 42.9 Å². The number of nitrogens with zero attached hydrogens (tertiary/aromatic N) is 2. The van der Waals surface area contributed by atoms with Crippen LogP contribution in [0.5, 0.6) is 0 Å². The second kappa shape index (κ2) is 9.26. The van der Waals surface area contributed by atoms with E-state index in [0.29, 0.717) is 6.54 Å². The van der Waals surface area contributed by atoms with Gasteiger partial charge >= 0.3 is 0 Å². The Morgan fingerprint density at radius 3 is 2.58 bits per heavy atom. The van der Waals surface area contributed by atoms with Crippen LogP contribution in [0.15, 0.2) is 48.5 Å². The summed E-state index contributed by atoms with van der Waals surface area (Å²) in [6, 6.07) is 13.1. The molecule has 0 unspecified atom stereocenters. The van der Waals surface area contributed by atoms with E-state index in [-0.39, 0.29) is 22.7 Å². The molecule has 1 aliphatic rings. The number of hydrogen-bond acceptors (Lipinski definition) is 5. The minimum Gasteiger partial charge on any atom is -0.352 e. The number of nitrogens with one attached hydrogen (secondary N) is 2. The number of benzene rings is 2. The van der Waals surface area contributed by atoms with Crippen molar-refractivity contribution in [2.24, 2.45) is 0 Å². The average Bonchev–Trinajstić information content (AvgIpc) is 2.77. The first-order valence-electron chi connectivity index (χ1n) is 10.3. The van der Waals surface area contributed by atoms with Gasteiger partial charge in [-0.15, -0.1) is 0 Å². The van der Waals surface area contributed by atoms with Crippen molar-refractivity contribution in [1.82, 2.24) is 15.5 Å². The molecule has 31 heavy (non-hydrogen) atoms. The molecule has 0 spiro atoms. The molecule has 8 nitrogen and oxygen atoms in total. The number of non-ortho nitro benzene ring substituents is 1. The topological polar surface area (TPSA) is 105 Å². The first-order chi connectivity index (χ1) is 14.7. The number of nitro benzene ring substituents is 1. The third kappa shape index (κ3) is 5.46. The van der Waals surface area contributed by atoms with Crippen LogP contribution >= 0.6 is 0 Å². The van der Waals surface area contributed by atoms with Gasteiger partial charge in [0.05, 0.1) is 4.92 Å². The van der Waals surface area contributed by atoms with Gasteiger partial charge in [-0.05, 0) is 44.4 Å². The van der Waals surface area contributed by atoms with E-state index >= 15 is 0 Å². The molecule has 2 amide bonds. The molecule has 0 fully saturated rings. The van der Waals surface area contributed by atoms with E-state index < -0.39 is 16.9 Å². The molecule has 164 valence electrons. The standard InChI is InChI=1S/C23H28N4O4/c1-16(25-22(29)18-9-6-10-20(13-18)27(30)31)21(28)24-15-23(2,3)26-12-11-17-7-4-5-8-19(17)14-26/h4-10,13,16H,11-12,14-15H2,1-3H3,(H,24,28)(H,25,29)/t16-/m0/s1. The highest BCUT2D eigenvalue weighted by Gasteiger charge is 2.30. The lowest BCUT2D eigenvalue weighted by Crippen LogP contribution is -2.55. The number of amides is 2. The van der Waals surface area contributed by atoms with Crippen molar-refractivity contribution in [1.29, 1.82) is 0 Å². The number of carbonyl (C=O) groups is 2. The van der Waals surface area contributed by atoms with Crippen LogP contribution in [0.25, 0.3) is 0 Å². The van der Waals surface area contributed by atoms with Crippen LogP contribution < -0.4 is 10.6 Å². The van der Waals surface area contributed by atoms with Gasteiger partial charge in [-0.2, -0.15) is 0 Å². The van der Waals surface area contributed by atoms with Gasteiger partial charge in [-0.1, -0.05) is 30.3 Å². The lowest BCUT2D eigenvalue weighted by Gasteiger charge is -2.41. The largest absolute Gasteiger partial charge is 0.352 e. The maximum Gasteiger partial charge on any atom is 0.270 e. The monoisotopic (exact) mass is 424 g/mol. The summed E-state index contributed by atoms with van der Waals surface area (Å²) in [4.78, 5) is 37.6. The molecule has 3 rings (SSSR count). The molecule has 8 heteroatoms. The number of rotatable bonds is 7. The molecule has 2 N–H and O–H groups in total. The quantitative estimate of drug-likeness (QED) is 0.525. The Hall–Kier alpha value is -3.26. The van der Waals surface area contributed by atoms with Gasteiger partial charge in [-0.25, -0.2) is 0 Å². The third-order valence-corrected chi connectivity index (χ3v) is 5.74. The van der Waals surface area contributed by atoms with E-state index in [1.807, 2.05) is 6.07 Å². The zero-order valence-electron chi connectivity index (χ0n) is 18.1. The highest BCUT2D eigenvalue weighted by atomic mass is 16.6. The Bertz CT molecular complexity index is 989. The predicted octanol–water partition coefficient (Wildman–Crippen LogP) is 2.67. The van der Waals surface area contributed by atoms with E-state index in [2.05, 4.69) is 47.6 Å². The number of nitro groups is 1. The fourth-order valence-corrected chi connectivity index (χ4v) is 3.69. The summed E-state index contributed by atoms with van der Waals surface area (Å²) in [6.07, 6.45) is 0.975. The number of hydrogen-bond donors (Lipinski definition) is 2. The van der Waals surface area contributed by atoms with Crippen molar-refractivity contribution >= 4 is 17.5 Å². The Balaban J connectivity index is 1.54. The van der Waals surface area contributed by atoms with Crippen LogP contribution in [0.4, 0.5) is 5.69 Å². The number of fused-ring (bicyclic) bond motifs is 1. The molecule has 1 aliphatic heterocycles. The molecule has 0 saturated carbocycles. The molecule has 0 aliphatic carbocycles. The minimum absolute atomic E-state index is 0.140. The van der Waals surface area contributed by atoms with E-state index in [1.165, 1.54) is 35.4 Å². The van der Waals surface area contributed by atoms with Gasteiger partial charge in [0.1, 0.15) is 6.04 Å². The van der Waals surface area contributed by atoms with E-state index in [1.54, 1.807) is 6.92 Å². The normalized spacial score (nSPS) is 14.9. The molecule has 2 aromatic rings. The summed E-state index contributed by atoms with van der Waals surface area (Å²) in [5.74, 6) is -0.831. The number of carbonyl (C=O) groups excluding carboxylic acids is 2. The smallest absolute Gasteiger partial charge is 0.270 e. The van der Waals surface area contributed by atoms with Crippen molar-refractivity contribution < 1.29 is 14.5 Å². The first-order valence-corrected chi connectivity index (χ1v) is 10.3. The zero-order chi connectivity index (χ0) is 22.6. The highest BCUT2D eigenvalue weighted by Crippen LogP contribution is 2.25. The second-order valence-corrected chi connectivity index (χ2v) is 8.47. The van der Waals surface area contributed by atoms with E-state index in [4.69, 9.17) is 0 Å². The van der Waals surface area contributed by atoms with Crippen molar-refractivity contribution in [3.8, 4) is 0 Å². The minimum atomic E-state index is -0.773. The zero-order valence-corrected chi connectivity index (χ0v) is 18.1. The van der Waals surface area contributed by atoms with Crippen molar-refractivity contribution in [2.45, 2.75) is 45.3 Å². The van der Waals surface area contributed by atoms with E-state index in [0.717, 1.165) is 19.5 Å². The molecule has 0 radical (unpaired) electrons. The Morgan fingerprint density at radius 2 is 1.87 bits per heavy atom. The maximum atomic E-state index is 12.6. The Morgan fingerprint density at radius 1 is 1.16 bits per heavy atom. The summed E-state index contributed by atoms with van der Waals surface area (Å²) in [5, 5.41) is 16.4. The molecule has 0 aromatic heterocycles. The average molecular weight is 425 g/mol. The SMILES string of the molecule is C[C@H](NC(=O)c1cccc([N+](=O)[O-])c1)C(=O)NCC(C)(C)N1CCc2ccccc2C1. The summed E-state index contributed by atoms with van der Waals surface area (Å²) in [6.45, 7) is 7.96. The molecule has 0 bridgehead atoms. The van der Waals surface area contributed by atoms with Gasteiger partial charge in [0.15, 0.2) is 0 Å².